The Hall–Kier alpha value is -0.710. The van der Waals surface area contributed by atoms with Crippen LogP contribution in [0.15, 0.2) is 23.2 Å². The number of nitrogens with two attached hydrogens (primary N) is 1. The minimum Gasteiger partial charge on any atom is -0.481 e. The molecular formula is C12H19Cl2N4O3S2. The number of rotatable bonds is 8. The van der Waals surface area contributed by atoms with Crippen LogP contribution in [0.3, 0.4) is 0 Å². The number of hydrogen-bond donors (Lipinski definition) is 4. The molecule has 1 aromatic heterocycles. The van der Waals surface area contributed by atoms with Crippen LogP contribution in [0.1, 0.15) is 12.1 Å². The first-order chi connectivity index (χ1) is 9.50. The van der Waals surface area contributed by atoms with E-state index in [1.165, 1.54) is 0 Å². The lowest BCUT2D eigenvalue weighted by molar-refractivity contribution is -0.139. The molecule has 4 N–H and O–H groups in total. The van der Waals surface area contributed by atoms with E-state index >= 15 is 0 Å². The van der Waals surface area contributed by atoms with Crippen molar-refractivity contribution in [3.05, 3.63) is 24.0 Å². The maximum Gasteiger partial charge on any atom is 0.305 e. The Labute approximate surface area is 157 Å². The highest BCUT2D eigenvalue weighted by Crippen LogP contribution is 2.16. The number of carboxylic acid groups (broad SMARTS) is 1. The van der Waals surface area contributed by atoms with Crippen molar-refractivity contribution < 1.29 is 14.7 Å². The quantitative estimate of drug-likeness (QED) is 0.377. The molecule has 1 atom stereocenters. The van der Waals surface area contributed by atoms with E-state index in [1.54, 1.807) is 18.0 Å². The summed E-state index contributed by atoms with van der Waals surface area (Å²) in [7, 11) is 0. The molecule has 0 unspecified atom stereocenters. The lowest BCUT2D eigenvalue weighted by atomic mass is 10.2. The lowest BCUT2D eigenvalue weighted by Crippen LogP contribution is -2.42. The number of aromatic nitrogens is 1. The first-order valence-electron chi connectivity index (χ1n) is 5.96. The van der Waals surface area contributed by atoms with Crippen LogP contribution in [0.4, 0.5) is 0 Å². The van der Waals surface area contributed by atoms with Gasteiger partial charge in [-0.05, 0) is 12.1 Å². The Kier molecular flexibility index (Phi) is 17.5. The number of thiol groups is 1. The van der Waals surface area contributed by atoms with Crippen LogP contribution >= 0.6 is 49.2 Å². The van der Waals surface area contributed by atoms with Gasteiger partial charge in [0.25, 0.3) is 0 Å². The molecule has 3 radical (unpaired) electrons. The minimum atomic E-state index is -1.08. The van der Waals surface area contributed by atoms with E-state index in [0.29, 0.717) is 18.1 Å². The number of nitrogens with zero attached hydrogens (tertiary/aromatic N) is 2. The summed E-state index contributed by atoms with van der Waals surface area (Å²) >= 11 is 5.90. The van der Waals surface area contributed by atoms with Crippen molar-refractivity contribution in [1.29, 1.82) is 0 Å². The summed E-state index contributed by atoms with van der Waals surface area (Å²) in [4.78, 5) is 26.9. The van der Waals surface area contributed by atoms with E-state index in [2.05, 4.69) is 22.9 Å². The molecule has 0 aromatic carbocycles. The molecule has 1 heterocycles. The molecule has 11 heteroatoms. The second-order valence-electron chi connectivity index (χ2n) is 4.02. The second kappa shape index (κ2) is 14.9. The monoisotopic (exact) mass is 401 g/mol. The van der Waals surface area contributed by atoms with Crippen LogP contribution in [0, 0.1) is 0 Å². The zero-order valence-corrected chi connectivity index (χ0v) is 15.4. The number of nitrogens with one attached hydrogen (secondary N) is 1. The summed E-state index contributed by atoms with van der Waals surface area (Å²) in [5, 5.41) is 11.1. The van der Waals surface area contributed by atoms with Crippen LogP contribution < -0.4 is 17.2 Å². The lowest BCUT2D eigenvalue weighted by Gasteiger charge is -2.10. The van der Waals surface area contributed by atoms with Crippen molar-refractivity contribution in [1.82, 2.24) is 16.5 Å². The van der Waals surface area contributed by atoms with Gasteiger partial charge in [0.2, 0.25) is 5.91 Å². The minimum absolute atomic E-state index is 0. The third-order valence-corrected chi connectivity index (χ3v) is 3.76. The van der Waals surface area contributed by atoms with Crippen molar-refractivity contribution in [3.8, 4) is 0 Å². The Morgan fingerprint density at radius 3 is 2.65 bits per heavy atom. The largest absolute Gasteiger partial charge is 0.481 e. The van der Waals surface area contributed by atoms with Crippen molar-refractivity contribution in [2.75, 3.05) is 12.3 Å². The van der Waals surface area contributed by atoms with Gasteiger partial charge in [-0.15, -0.1) is 37.4 Å². The molecule has 0 bridgehead atoms. The van der Waals surface area contributed by atoms with Crippen molar-refractivity contribution >= 4 is 61.1 Å². The first-order valence-corrected chi connectivity index (χ1v) is 7.56. The van der Waals surface area contributed by atoms with Gasteiger partial charge in [0.1, 0.15) is 0 Å². The number of thioether (sulfide) groups is 1. The molecule has 0 saturated carbocycles. The highest BCUT2D eigenvalue weighted by atomic mass is 35.5. The van der Waals surface area contributed by atoms with Crippen molar-refractivity contribution in [2.45, 2.75) is 23.1 Å². The number of aliphatic carboxylic acids is 1. The van der Waals surface area contributed by atoms with Gasteiger partial charge in [-0.3, -0.25) is 14.6 Å². The molecule has 0 aliphatic heterocycles. The fourth-order valence-corrected chi connectivity index (χ4v) is 2.51. The van der Waals surface area contributed by atoms with E-state index in [9.17, 15) is 9.59 Å². The molecule has 0 spiro atoms. The Morgan fingerprint density at radius 2 is 2.09 bits per heavy atom. The van der Waals surface area contributed by atoms with Crippen LogP contribution in [0.5, 0.6) is 0 Å². The number of carbonyl (C=O) groups excluding carboxylic acids is 1. The molecule has 131 valence electrons. The average Bonchev–Trinajstić information content (AvgIpc) is 2.39. The highest BCUT2D eigenvalue weighted by molar-refractivity contribution is 7.98. The summed E-state index contributed by atoms with van der Waals surface area (Å²) in [5.74, 6) is -0.134. The van der Waals surface area contributed by atoms with Crippen LogP contribution in [-0.2, 0) is 15.3 Å². The second-order valence-corrected chi connectivity index (χ2v) is 5.60. The summed E-state index contributed by atoms with van der Waals surface area (Å²) in [6.45, 7) is 0.436. The molecule has 1 amide bonds. The summed E-state index contributed by atoms with van der Waals surface area (Å²) in [6, 6.07) is 2.69. The molecule has 0 saturated heterocycles. The van der Waals surface area contributed by atoms with Gasteiger partial charge in [-0.25, -0.2) is 0 Å². The zero-order chi connectivity index (χ0) is 15.0. The normalized spacial score (nSPS) is 10.3. The highest BCUT2D eigenvalue weighted by Gasteiger charge is 2.16. The van der Waals surface area contributed by atoms with Crippen LogP contribution in [0.25, 0.3) is 0 Å². The number of carbonyl (C=O) groups is 2. The molecule has 1 rings (SSSR count). The number of halogens is 2. The predicted molar refractivity (Wildman–Crippen MR) is 97.5 cm³/mol. The van der Waals surface area contributed by atoms with Crippen molar-refractivity contribution in [2.24, 2.45) is 5.73 Å². The summed E-state index contributed by atoms with van der Waals surface area (Å²) in [6.07, 6.45) is 1.35. The SMILES string of the molecule is Cl.Cl.N[C@@H](CC(=O)O)C(=O)NCCSCc1ncccc1S.[N]. The van der Waals surface area contributed by atoms with Crippen LogP contribution in [0.2, 0.25) is 0 Å². The van der Waals surface area contributed by atoms with Gasteiger partial charge in [0.05, 0.1) is 18.2 Å². The fourth-order valence-electron chi connectivity index (χ4n) is 1.37. The molecule has 1 aromatic rings. The Balaban J connectivity index is -0.00000133. The van der Waals surface area contributed by atoms with Gasteiger partial charge < -0.3 is 16.2 Å². The third kappa shape index (κ3) is 11.5. The Bertz CT molecular complexity index is 483. The zero-order valence-electron chi connectivity index (χ0n) is 12.0. The fraction of sp³-hybridized carbons (Fsp3) is 0.417. The summed E-state index contributed by atoms with van der Waals surface area (Å²) in [5.41, 5.74) is 6.32. The standard InChI is InChI=1S/C12H17N3O3S2.2ClH.N/c13-8(6-11(16)17)12(18)15-4-5-20-7-9-10(19)2-1-3-14-9;;;/h1-3,8,19H,4-7,13H2,(H,15,18)(H,16,17);2*1H;/t8-;;;/m0.../s1. The number of amides is 1. The predicted octanol–water partition coefficient (Wildman–Crippen LogP) is 0.885. The van der Waals surface area contributed by atoms with Crippen molar-refractivity contribution in [3.63, 3.8) is 0 Å². The number of hydrogen-bond acceptors (Lipinski definition) is 6. The topological polar surface area (TPSA) is 136 Å². The van der Waals surface area contributed by atoms with E-state index in [4.69, 9.17) is 10.8 Å². The molecule has 0 aliphatic rings. The van der Waals surface area contributed by atoms with E-state index in [0.717, 1.165) is 10.6 Å². The van der Waals surface area contributed by atoms with E-state index < -0.39 is 17.9 Å². The number of pyridine rings is 1. The third-order valence-electron chi connectivity index (χ3n) is 2.38. The smallest absolute Gasteiger partial charge is 0.305 e. The van der Waals surface area contributed by atoms with Gasteiger partial charge in [-0.1, -0.05) is 0 Å². The summed E-state index contributed by atoms with van der Waals surface area (Å²) < 4.78 is 0. The van der Waals surface area contributed by atoms with E-state index in [-0.39, 0.29) is 37.4 Å². The van der Waals surface area contributed by atoms with Gasteiger partial charge in [0.15, 0.2) is 0 Å². The molecule has 23 heavy (non-hydrogen) atoms. The molecule has 0 fully saturated rings. The van der Waals surface area contributed by atoms with Gasteiger partial charge in [-0.2, -0.15) is 11.8 Å². The molecule has 7 nitrogen and oxygen atoms in total. The molecule has 0 aliphatic carbocycles. The van der Waals surface area contributed by atoms with Gasteiger partial charge in [0, 0.05) is 35.3 Å². The maximum absolute atomic E-state index is 11.4. The Morgan fingerprint density at radius 1 is 1.43 bits per heavy atom. The van der Waals surface area contributed by atoms with E-state index in [1.807, 2.05) is 12.1 Å². The molecular weight excluding hydrogens is 383 g/mol. The maximum atomic E-state index is 11.4. The van der Waals surface area contributed by atoms with Crippen LogP contribution in [-0.4, -0.2) is 40.3 Å². The number of carboxylic acids is 1. The average molecular weight is 402 g/mol. The van der Waals surface area contributed by atoms with Gasteiger partial charge >= 0.3 is 5.97 Å². The first kappa shape index (κ1) is 27.2.